The van der Waals surface area contributed by atoms with Gasteiger partial charge in [-0.25, -0.2) is 0 Å². The lowest BCUT2D eigenvalue weighted by molar-refractivity contribution is 0.0988. The van der Waals surface area contributed by atoms with E-state index in [4.69, 9.17) is 5.73 Å². The molecule has 0 unspecified atom stereocenters. The number of nitrogens with two attached hydrogens (primary N) is 1. The third-order valence-electron chi connectivity index (χ3n) is 4.20. The molecular weight excluding hydrogens is 324 g/mol. The van der Waals surface area contributed by atoms with Crippen molar-refractivity contribution in [2.24, 2.45) is 5.73 Å². The van der Waals surface area contributed by atoms with Gasteiger partial charge in [0, 0.05) is 22.5 Å². The average Bonchev–Trinajstić information content (AvgIpc) is 2.65. The fourth-order valence-corrected chi connectivity index (χ4v) is 2.68. The molecule has 3 aromatic rings. The molecule has 0 saturated heterocycles. The van der Waals surface area contributed by atoms with Gasteiger partial charge in [-0.15, -0.1) is 0 Å². The number of rotatable bonds is 4. The van der Waals surface area contributed by atoms with E-state index >= 15 is 0 Å². The Kier molecular flexibility index (Phi) is 4.85. The fraction of sp³-hybridized carbons (Fsp3) is 0.0909. The van der Waals surface area contributed by atoms with E-state index in [9.17, 15) is 9.59 Å². The number of amides is 2. The smallest absolute Gasteiger partial charge is 0.262 e. The van der Waals surface area contributed by atoms with Crippen LogP contribution in [0.1, 0.15) is 31.8 Å². The van der Waals surface area contributed by atoms with Gasteiger partial charge < -0.3 is 5.73 Å². The molecule has 3 aromatic carbocycles. The van der Waals surface area contributed by atoms with Gasteiger partial charge in [-0.1, -0.05) is 35.4 Å². The second-order valence-electron chi connectivity index (χ2n) is 6.25. The molecule has 130 valence electrons. The number of benzene rings is 3. The van der Waals surface area contributed by atoms with Gasteiger partial charge in [-0.2, -0.15) is 0 Å². The fourth-order valence-electron chi connectivity index (χ4n) is 2.68. The first-order chi connectivity index (χ1) is 12.5. The maximum Gasteiger partial charge on any atom is 0.262 e. The molecule has 0 aromatic heterocycles. The molecule has 4 nitrogen and oxygen atoms in total. The molecule has 0 atom stereocenters. The summed E-state index contributed by atoms with van der Waals surface area (Å²) < 4.78 is 0. The number of anilines is 2. The van der Waals surface area contributed by atoms with Gasteiger partial charge in [0.05, 0.1) is 0 Å². The van der Waals surface area contributed by atoms with Gasteiger partial charge in [-0.3, -0.25) is 14.5 Å². The van der Waals surface area contributed by atoms with Crippen molar-refractivity contribution < 1.29 is 9.59 Å². The first-order valence-corrected chi connectivity index (χ1v) is 8.33. The zero-order valence-corrected chi connectivity index (χ0v) is 14.8. The van der Waals surface area contributed by atoms with Crippen molar-refractivity contribution in [1.29, 1.82) is 0 Å². The summed E-state index contributed by atoms with van der Waals surface area (Å²) in [5, 5.41) is 0. The summed E-state index contributed by atoms with van der Waals surface area (Å²) in [5.41, 5.74) is 9.94. The normalized spacial score (nSPS) is 10.4. The second-order valence-corrected chi connectivity index (χ2v) is 6.25. The van der Waals surface area contributed by atoms with Crippen LogP contribution in [0.5, 0.6) is 0 Å². The molecular formula is C22H20N2O2. The van der Waals surface area contributed by atoms with E-state index < -0.39 is 5.91 Å². The molecule has 0 bridgehead atoms. The Balaban J connectivity index is 2.04. The minimum absolute atomic E-state index is 0.172. The Morgan fingerprint density at radius 1 is 0.654 bits per heavy atom. The lowest BCUT2D eigenvalue weighted by Gasteiger charge is -2.23. The Labute approximate surface area is 152 Å². The lowest BCUT2D eigenvalue weighted by atomic mass is 10.1. The lowest BCUT2D eigenvalue weighted by Crippen LogP contribution is -2.26. The van der Waals surface area contributed by atoms with Crippen LogP contribution in [-0.4, -0.2) is 11.8 Å². The molecule has 0 heterocycles. The minimum atomic E-state index is -0.516. The number of carbonyl (C=O) groups excluding carboxylic acids is 2. The zero-order chi connectivity index (χ0) is 18.7. The number of aryl methyl sites for hydroxylation is 2. The third kappa shape index (κ3) is 3.64. The van der Waals surface area contributed by atoms with Crippen LogP contribution < -0.4 is 10.6 Å². The van der Waals surface area contributed by atoms with Crippen LogP contribution in [-0.2, 0) is 0 Å². The third-order valence-corrected chi connectivity index (χ3v) is 4.20. The van der Waals surface area contributed by atoms with E-state index in [0.29, 0.717) is 11.1 Å². The van der Waals surface area contributed by atoms with Gasteiger partial charge in [0.25, 0.3) is 5.91 Å². The van der Waals surface area contributed by atoms with Gasteiger partial charge >= 0.3 is 0 Å². The molecule has 0 fully saturated rings. The Morgan fingerprint density at radius 2 is 1.04 bits per heavy atom. The molecule has 26 heavy (non-hydrogen) atoms. The van der Waals surface area contributed by atoms with Crippen LogP contribution >= 0.6 is 0 Å². The molecule has 2 N–H and O–H groups in total. The van der Waals surface area contributed by atoms with Crippen LogP contribution in [0.25, 0.3) is 0 Å². The van der Waals surface area contributed by atoms with E-state index in [1.165, 1.54) is 0 Å². The van der Waals surface area contributed by atoms with Crippen molar-refractivity contribution in [3.05, 3.63) is 95.1 Å². The Morgan fingerprint density at radius 3 is 1.42 bits per heavy atom. The van der Waals surface area contributed by atoms with Crippen LogP contribution in [0.4, 0.5) is 11.4 Å². The highest BCUT2D eigenvalue weighted by molar-refractivity contribution is 6.11. The molecule has 0 aliphatic carbocycles. The van der Waals surface area contributed by atoms with E-state index in [1.54, 1.807) is 29.2 Å². The first-order valence-electron chi connectivity index (χ1n) is 8.33. The quantitative estimate of drug-likeness (QED) is 0.763. The van der Waals surface area contributed by atoms with Gasteiger partial charge in [0.2, 0.25) is 5.91 Å². The summed E-state index contributed by atoms with van der Waals surface area (Å²) in [5.74, 6) is -0.688. The van der Waals surface area contributed by atoms with Gasteiger partial charge in [0.15, 0.2) is 0 Å². The highest BCUT2D eigenvalue weighted by atomic mass is 16.2. The highest BCUT2D eigenvalue weighted by Crippen LogP contribution is 2.28. The van der Waals surface area contributed by atoms with E-state index in [1.807, 2.05) is 62.4 Å². The summed E-state index contributed by atoms with van der Waals surface area (Å²) in [6.45, 7) is 4.01. The molecule has 0 saturated carbocycles. The Bertz CT molecular complexity index is 882. The molecule has 0 radical (unpaired) electrons. The SMILES string of the molecule is Cc1ccc(N(C(=O)c2ccc(C(N)=O)cc2)c2ccc(C)cc2)cc1. The van der Waals surface area contributed by atoms with Crippen molar-refractivity contribution >= 4 is 23.2 Å². The van der Waals surface area contributed by atoms with Crippen molar-refractivity contribution in [3.8, 4) is 0 Å². The highest BCUT2D eigenvalue weighted by Gasteiger charge is 2.20. The predicted octanol–water partition coefficient (Wildman–Crippen LogP) is 4.38. The summed E-state index contributed by atoms with van der Waals surface area (Å²) in [4.78, 5) is 26.1. The number of primary amides is 1. The number of nitrogens with zero attached hydrogens (tertiary/aromatic N) is 1. The molecule has 0 aliphatic rings. The Hall–Kier alpha value is -3.40. The van der Waals surface area contributed by atoms with Crippen LogP contribution in [0.3, 0.4) is 0 Å². The largest absolute Gasteiger partial charge is 0.366 e. The maximum atomic E-state index is 13.2. The van der Waals surface area contributed by atoms with Crippen LogP contribution in [0.2, 0.25) is 0 Å². The summed E-state index contributed by atoms with van der Waals surface area (Å²) in [6.07, 6.45) is 0. The van der Waals surface area contributed by atoms with Crippen molar-refractivity contribution in [2.75, 3.05) is 4.90 Å². The standard InChI is InChI=1S/C22H20N2O2/c1-15-3-11-19(12-4-15)24(20-13-5-16(2)6-14-20)22(26)18-9-7-17(8-10-18)21(23)25/h3-14H,1-2H3,(H2,23,25). The van der Waals surface area contributed by atoms with Crippen LogP contribution in [0.15, 0.2) is 72.8 Å². The maximum absolute atomic E-state index is 13.2. The van der Waals surface area contributed by atoms with E-state index in [0.717, 1.165) is 22.5 Å². The van der Waals surface area contributed by atoms with Crippen LogP contribution in [0, 0.1) is 13.8 Å². The van der Waals surface area contributed by atoms with Crippen molar-refractivity contribution in [2.45, 2.75) is 13.8 Å². The molecule has 0 aliphatic heterocycles. The van der Waals surface area contributed by atoms with Gasteiger partial charge in [0.1, 0.15) is 0 Å². The van der Waals surface area contributed by atoms with E-state index in [-0.39, 0.29) is 5.91 Å². The van der Waals surface area contributed by atoms with Crippen molar-refractivity contribution in [1.82, 2.24) is 0 Å². The first kappa shape index (κ1) is 17.4. The van der Waals surface area contributed by atoms with Gasteiger partial charge in [-0.05, 0) is 62.4 Å². The van der Waals surface area contributed by atoms with Crippen molar-refractivity contribution in [3.63, 3.8) is 0 Å². The summed E-state index contributed by atoms with van der Waals surface area (Å²) >= 11 is 0. The number of hydrogen-bond acceptors (Lipinski definition) is 2. The molecule has 0 spiro atoms. The molecule has 3 rings (SSSR count). The average molecular weight is 344 g/mol. The monoisotopic (exact) mass is 344 g/mol. The minimum Gasteiger partial charge on any atom is -0.366 e. The number of carbonyl (C=O) groups is 2. The summed E-state index contributed by atoms with van der Waals surface area (Å²) in [6, 6.07) is 22.0. The second kappa shape index (κ2) is 7.23. The van der Waals surface area contributed by atoms with E-state index in [2.05, 4.69) is 0 Å². The summed E-state index contributed by atoms with van der Waals surface area (Å²) in [7, 11) is 0. The number of hydrogen-bond donors (Lipinski definition) is 1. The molecule has 2 amide bonds. The topological polar surface area (TPSA) is 63.4 Å². The molecule has 4 heteroatoms. The predicted molar refractivity (Wildman–Crippen MR) is 104 cm³/mol. The zero-order valence-electron chi connectivity index (χ0n) is 14.8.